The van der Waals surface area contributed by atoms with Crippen LogP contribution in [0.2, 0.25) is 0 Å². The third-order valence-corrected chi connectivity index (χ3v) is 4.55. The van der Waals surface area contributed by atoms with E-state index in [-0.39, 0.29) is 5.82 Å². The van der Waals surface area contributed by atoms with Gasteiger partial charge < -0.3 is 5.32 Å². The minimum absolute atomic E-state index is 0.180. The summed E-state index contributed by atoms with van der Waals surface area (Å²) < 4.78 is 13.7. The summed E-state index contributed by atoms with van der Waals surface area (Å²) in [6, 6.07) is 5.96. The first-order valence-electron chi connectivity index (χ1n) is 6.86. The summed E-state index contributed by atoms with van der Waals surface area (Å²) >= 11 is 3.24. The highest BCUT2D eigenvalue weighted by Gasteiger charge is 2.19. The summed E-state index contributed by atoms with van der Waals surface area (Å²) in [5, 5.41) is 3.59. The minimum atomic E-state index is -0.180. The SMILES string of the molecule is CCC1CCNC(CCc2ccc(F)c(Br)c2)C1. The minimum Gasteiger partial charge on any atom is -0.314 e. The molecule has 1 aliphatic heterocycles. The van der Waals surface area contributed by atoms with E-state index in [0.717, 1.165) is 25.3 Å². The highest BCUT2D eigenvalue weighted by molar-refractivity contribution is 9.10. The standard InChI is InChI=1S/C15H21BrFN/c1-2-11-7-8-18-13(9-11)5-3-12-4-6-15(17)14(16)10-12/h4,6,10-11,13,18H,2-3,5,7-9H2,1H3. The van der Waals surface area contributed by atoms with E-state index in [4.69, 9.17) is 0 Å². The first kappa shape index (κ1) is 14.0. The van der Waals surface area contributed by atoms with Crippen LogP contribution in [0.4, 0.5) is 4.39 Å². The first-order valence-corrected chi connectivity index (χ1v) is 7.65. The fourth-order valence-electron chi connectivity index (χ4n) is 2.72. The van der Waals surface area contributed by atoms with Gasteiger partial charge in [0.1, 0.15) is 5.82 Å². The van der Waals surface area contributed by atoms with Crippen molar-refractivity contribution in [2.75, 3.05) is 6.54 Å². The summed E-state index contributed by atoms with van der Waals surface area (Å²) in [6.07, 6.45) is 6.07. The predicted molar refractivity (Wildman–Crippen MR) is 77.2 cm³/mol. The van der Waals surface area contributed by atoms with Crippen LogP contribution in [0.5, 0.6) is 0 Å². The van der Waals surface area contributed by atoms with Crippen LogP contribution in [0.3, 0.4) is 0 Å². The molecular formula is C15H21BrFN. The van der Waals surface area contributed by atoms with Crippen LogP contribution in [0.25, 0.3) is 0 Å². The van der Waals surface area contributed by atoms with Gasteiger partial charge in [0, 0.05) is 6.04 Å². The summed E-state index contributed by atoms with van der Waals surface area (Å²) in [5.41, 5.74) is 1.21. The molecule has 1 aliphatic rings. The molecule has 1 aromatic rings. The van der Waals surface area contributed by atoms with Gasteiger partial charge in [0.15, 0.2) is 0 Å². The molecular weight excluding hydrogens is 293 g/mol. The molecule has 2 atom stereocenters. The average molecular weight is 314 g/mol. The second kappa shape index (κ2) is 6.67. The van der Waals surface area contributed by atoms with Crippen molar-refractivity contribution in [3.63, 3.8) is 0 Å². The summed E-state index contributed by atoms with van der Waals surface area (Å²) in [4.78, 5) is 0. The van der Waals surface area contributed by atoms with Gasteiger partial charge >= 0.3 is 0 Å². The van der Waals surface area contributed by atoms with E-state index >= 15 is 0 Å². The Kier molecular flexibility index (Phi) is 5.19. The Balaban J connectivity index is 1.85. The quantitative estimate of drug-likeness (QED) is 0.874. The van der Waals surface area contributed by atoms with Crippen LogP contribution in [0, 0.1) is 11.7 Å². The number of benzene rings is 1. The molecule has 2 unspecified atom stereocenters. The average Bonchev–Trinajstić information content (AvgIpc) is 2.40. The van der Waals surface area contributed by atoms with Crippen LogP contribution in [-0.2, 0) is 6.42 Å². The Morgan fingerprint density at radius 1 is 1.44 bits per heavy atom. The van der Waals surface area contributed by atoms with Gasteiger partial charge in [0.2, 0.25) is 0 Å². The molecule has 1 nitrogen and oxygen atoms in total. The highest BCUT2D eigenvalue weighted by Crippen LogP contribution is 2.23. The summed E-state index contributed by atoms with van der Waals surface area (Å²) in [5.74, 6) is 0.705. The zero-order valence-corrected chi connectivity index (χ0v) is 12.5. The summed E-state index contributed by atoms with van der Waals surface area (Å²) in [6.45, 7) is 3.43. The Morgan fingerprint density at radius 2 is 2.28 bits per heavy atom. The number of rotatable bonds is 4. The van der Waals surface area contributed by atoms with Crippen LogP contribution >= 0.6 is 15.9 Å². The lowest BCUT2D eigenvalue weighted by Gasteiger charge is -2.29. The molecule has 0 amide bonds. The second-order valence-electron chi connectivity index (χ2n) is 5.24. The molecule has 1 aromatic carbocycles. The summed E-state index contributed by atoms with van der Waals surface area (Å²) in [7, 11) is 0. The fraction of sp³-hybridized carbons (Fsp3) is 0.600. The van der Waals surface area contributed by atoms with Crippen LogP contribution in [0.15, 0.2) is 22.7 Å². The number of hydrogen-bond acceptors (Lipinski definition) is 1. The van der Waals surface area contributed by atoms with Crippen molar-refractivity contribution < 1.29 is 4.39 Å². The lowest BCUT2D eigenvalue weighted by atomic mass is 9.88. The third-order valence-electron chi connectivity index (χ3n) is 3.95. The number of aryl methyl sites for hydroxylation is 1. The Morgan fingerprint density at radius 3 is 3.00 bits per heavy atom. The van der Waals surface area contributed by atoms with Crippen molar-refractivity contribution in [1.82, 2.24) is 5.32 Å². The molecule has 0 spiro atoms. The van der Waals surface area contributed by atoms with Crippen molar-refractivity contribution in [3.8, 4) is 0 Å². The van der Waals surface area contributed by atoms with Crippen LogP contribution in [-0.4, -0.2) is 12.6 Å². The normalized spacial score (nSPS) is 24.2. The largest absolute Gasteiger partial charge is 0.314 e. The highest BCUT2D eigenvalue weighted by atomic mass is 79.9. The molecule has 0 aromatic heterocycles. The molecule has 0 aliphatic carbocycles. The van der Waals surface area contributed by atoms with Crippen molar-refractivity contribution in [3.05, 3.63) is 34.1 Å². The molecule has 1 saturated heterocycles. The van der Waals surface area contributed by atoms with Crippen LogP contribution in [0.1, 0.15) is 38.2 Å². The maximum atomic E-state index is 13.1. The van der Waals surface area contributed by atoms with Crippen LogP contribution < -0.4 is 5.32 Å². The van der Waals surface area contributed by atoms with E-state index in [1.54, 1.807) is 6.07 Å². The van der Waals surface area contributed by atoms with E-state index in [9.17, 15) is 4.39 Å². The van der Waals surface area contributed by atoms with Gasteiger partial charge in [0.05, 0.1) is 4.47 Å². The molecule has 3 heteroatoms. The van der Waals surface area contributed by atoms with Gasteiger partial charge in [-0.15, -0.1) is 0 Å². The van der Waals surface area contributed by atoms with Gasteiger partial charge in [-0.3, -0.25) is 0 Å². The maximum absolute atomic E-state index is 13.1. The number of halogens is 2. The Bertz CT molecular complexity index is 394. The monoisotopic (exact) mass is 313 g/mol. The van der Waals surface area contributed by atoms with Crippen molar-refractivity contribution >= 4 is 15.9 Å². The Hall–Kier alpha value is -0.410. The van der Waals surface area contributed by atoms with Gasteiger partial charge in [0.25, 0.3) is 0 Å². The molecule has 1 N–H and O–H groups in total. The molecule has 2 rings (SSSR count). The van der Waals surface area contributed by atoms with Crippen molar-refractivity contribution in [2.24, 2.45) is 5.92 Å². The lowest BCUT2D eigenvalue weighted by molar-refractivity contribution is 0.285. The lowest BCUT2D eigenvalue weighted by Crippen LogP contribution is -2.38. The third kappa shape index (κ3) is 3.79. The van der Waals surface area contributed by atoms with E-state index in [2.05, 4.69) is 28.2 Å². The first-order chi connectivity index (χ1) is 8.69. The fourth-order valence-corrected chi connectivity index (χ4v) is 3.15. The van der Waals surface area contributed by atoms with Crippen molar-refractivity contribution in [1.29, 1.82) is 0 Å². The van der Waals surface area contributed by atoms with E-state index in [0.29, 0.717) is 10.5 Å². The predicted octanol–water partition coefficient (Wildman–Crippen LogP) is 4.30. The zero-order valence-electron chi connectivity index (χ0n) is 10.9. The molecule has 0 saturated carbocycles. The maximum Gasteiger partial charge on any atom is 0.137 e. The zero-order chi connectivity index (χ0) is 13.0. The number of nitrogens with one attached hydrogen (secondary N) is 1. The molecule has 0 bridgehead atoms. The molecule has 1 fully saturated rings. The molecule has 18 heavy (non-hydrogen) atoms. The van der Waals surface area contributed by atoms with Gasteiger partial charge in [-0.1, -0.05) is 19.4 Å². The van der Waals surface area contributed by atoms with Gasteiger partial charge in [-0.2, -0.15) is 0 Å². The van der Waals surface area contributed by atoms with E-state index in [1.165, 1.54) is 24.8 Å². The van der Waals surface area contributed by atoms with E-state index < -0.39 is 0 Å². The smallest absolute Gasteiger partial charge is 0.137 e. The Labute approximate surface area is 117 Å². The second-order valence-corrected chi connectivity index (χ2v) is 6.09. The molecule has 1 heterocycles. The van der Waals surface area contributed by atoms with E-state index in [1.807, 2.05) is 12.1 Å². The number of piperidine rings is 1. The van der Waals surface area contributed by atoms with Gasteiger partial charge in [-0.25, -0.2) is 4.39 Å². The van der Waals surface area contributed by atoms with Gasteiger partial charge in [-0.05, 0) is 71.8 Å². The molecule has 100 valence electrons. The number of hydrogen-bond donors (Lipinski definition) is 1. The topological polar surface area (TPSA) is 12.0 Å². The van der Waals surface area contributed by atoms with Crippen molar-refractivity contribution in [2.45, 2.75) is 45.1 Å². The molecule has 0 radical (unpaired) electrons.